The van der Waals surface area contributed by atoms with E-state index in [0.29, 0.717) is 11.4 Å². The predicted octanol–water partition coefficient (Wildman–Crippen LogP) is 1.36. The molecule has 96 valence electrons. The first kappa shape index (κ1) is 14.6. The second-order valence-electron chi connectivity index (χ2n) is 3.74. The van der Waals surface area contributed by atoms with Crippen LogP contribution in [0.2, 0.25) is 0 Å². The number of pyridine rings is 1. The van der Waals surface area contributed by atoms with Gasteiger partial charge in [-0.1, -0.05) is 18.8 Å². The van der Waals surface area contributed by atoms with Crippen molar-refractivity contribution >= 4 is 23.5 Å². The van der Waals surface area contributed by atoms with Crippen LogP contribution < -0.4 is 5.32 Å². The Morgan fingerprint density at radius 2 is 2.44 bits per heavy atom. The molecule has 0 saturated carbocycles. The van der Waals surface area contributed by atoms with E-state index in [-0.39, 0.29) is 18.4 Å². The quantitative estimate of drug-likeness (QED) is 0.806. The highest BCUT2D eigenvalue weighted by Crippen LogP contribution is 2.10. The summed E-state index contributed by atoms with van der Waals surface area (Å²) in [6, 6.07) is 3.41. The number of aromatic nitrogens is 1. The average Bonchev–Trinajstić information content (AvgIpc) is 2.37. The smallest absolute Gasteiger partial charge is 0.229 e. The van der Waals surface area contributed by atoms with Crippen molar-refractivity contribution < 1.29 is 9.90 Å². The van der Waals surface area contributed by atoms with E-state index in [1.54, 1.807) is 30.1 Å². The lowest BCUT2D eigenvalue weighted by Gasteiger charge is -2.10. The maximum Gasteiger partial charge on any atom is 0.229 e. The molecule has 4 nitrogen and oxygen atoms in total. The van der Waals surface area contributed by atoms with E-state index in [9.17, 15) is 4.79 Å². The molecule has 1 aromatic heterocycles. The van der Waals surface area contributed by atoms with E-state index >= 15 is 0 Å². The third-order valence-electron chi connectivity index (χ3n) is 2.19. The summed E-state index contributed by atoms with van der Waals surface area (Å²) < 4.78 is 0. The molecule has 0 bridgehead atoms. The SMILES string of the molecule is CSCC(C)C(=O)Nc1cc(C#CCO)ccn1. The topological polar surface area (TPSA) is 62.2 Å². The summed E-state index contributed by atoms with van der Waals surface area (Å²) in [6.45, 7) is 1.69. The van der Waals surface area contributed by atoms with Gasteiger partial charge in [0.2, 0.25) is 5.91 Å². The minimum Gasteiger partial charge on any atom is -0.384 e. The van der Waals surface area contributed by atoms with Crippen molar-refractivity contribution in [2.24, 2.45) is 5.92 Å². The zero-order valence-electron chi connectivity index (χ0n) is 10.4. The van der Waals surface area contributed by atoms with Gasteiger partial charge in [-0.25, -0.2) is 4.98 Å². The summed E-state index contributed by atoms with van der Waals surface area (Å²) in [6.07, 6.45) is 3.55. The highest BCUT2D eigenvalue weighted by atomic mass is 32.2. The largest absolute Gasteiger partial charge is 0.384 e. The lowest BCUT2D eigenvalue weighted by atomic mass is 10.2. The molecule has 2 N–H and O–H groups in total. The van der Waals surface area contributed by atoms with Gasteiger partial charge in [0, 0.05) is 23.4 Å². The molecule has 0 spiro atoms. The van der Waals surface area contributed by atoms with Gasteiger partial charge in [0.25, 0.3) is 0 Å². The van der Waals surface area contributed by atoms with Crippen molar-refractivity contribution in [1.29, 1.82) is 0 Å². The molecule has 0 radical (unpaired) electrons. The monoisotopic (exact) mass is 264 g/mol. The molecular formula is C13H16N2O2S. The molecule has 1 unspecified atom stereocenters. The van der Waals surface area contributed by atoms with E-state index in [2.05, 4.69) is 22.1 Å². The van der Waals surface area contributed by atoms with Gasteiger partial charge in [0.05, 0.1) is 0 Å². The Hall–Kier alpha value is -1.51. The highest BCUT2D eigenvalue weighted by Gasteiger charge is 2.12. The zero-order valence-corrected chi connectivity index (χ0v) is 11.3. The molecule has 1 aromatic rings. The second kappa shape index (κ2) is 7.75. The van der Waals surface area contributed by atoms with Crippen molar-refractivity contribution in [3.8, 4) is 11.8 Å². The molecule has 5 heteroatoms. The standard InChI is InChI=1S/C13H16N2O2S/c1-10(9-18-2)13(17)15-12-8-11(4-3-7-16)5-6-14-12/h5-6,8,10,16H,7,9H2,1-2H3,(H,14,15,17). The summed E-state index contributed by atoms with van der Waals surface area (Å²) in [5.74, 6) is 6.46. The Balaban J connectivity index is 2.70. The highest BCUT2D eigenvalue weighted by molar-refractivity contribution is 7.98. The molecule has 1 rings (SSSR count). The van der Waals surface area contributed by atoms with Crippen LogP contribution >= 0.6 is 11.8 Å². The first-order chi connectivity index (χ1) is 8.67. The van der Waals surface area contributed by atoms with Crippen molar-refractivity contribution in [2.45, 2.75) is 6.92 Å². The van der Waals surface area contributed by atoms with Gasteiger partial charge in [-0.2, -0.15) is 11.8 Å². The number of rotatable bonds is 4. The number of nitrogens with one attached hydrogen (secondary N) is 1. The lowest BCUT2D eigenvalue weighted by Crippen LogP contribution is -2.22. The Bertz CT molecular complexity index is 466. The number of thioether (sulfide) groups is 1. The maximum atomic E-state index is 11.8. The fourth-order valence-electron chi connectivity index (χ4n) is 1.29. The van der Waals surface area contributed by atoms with E-state index in [4.69, 9.17) is 5.11 Å². The molecule has 18 heavy (non-hydrogen) atoms. The number of carbonyl (C=O) groups excluding carboxylic acids is 1. The van der Waals surface area contributed by atoms with Gasteiger partial charge in [0.1, 0.15) is 12.4 Å². The minimum atomic E-state index is -0.186. The molecule has 0 aliphatic heterocycles. The summed E-state index contributed by atoms with van der Waals surface area (Å²) in [5.41, 5.74) is 0.715. The molecule has 0 aliphatic carbocycles. The van der Waals surface area contributed by atoms with E-state index < -0.39 is 0 Å². The van der Waals surface area contributed by atoms with Crippen LogP contribution in [0.4, 0.5) is 5.82 Å². The van der Waals surface area contributed by atoms with Gasteiger partial charge >= 0.3 is 0 Å². The predicted molar refractivity (Wildman–Crippen MR) is 74.4 cm³/mol. The van der Waals surface area contributed by atoms with Gasteiger partial charge in [-0.05, 0) is 18.4 Å². The summed E-state index contributed by atoms with van der Waals surface area (Å²) in [5, 5.41) is 11.4. The number of anilines is 1. The van der Waals surface area contributed by atoms with Crippen molar-refractivity contribution in [1.82, 2.24) is 4.98 Å². The number of hydrogen-bond acceptors (Lipinski definition) is 4. The molecule has 0 fully saturated rings. The molecule has 0 saturated heterocycles. The third kappa shape index (κ3) is 4.78. The minimum absolute atomic E-state index is 0.0517. The van der Waals surface area contributed by atoms with Crippen molar-refractivity contribution in [2.75, 3.05) is 23.9 Å². The molecule has 0 aromatic carbocycles. The molecule has 1 amide bonds. The Morgan fingerprint density at radius 3 is 3.11 bits per heavy atom. The van der Waals surface area contributed by atoms with Crippen LogP contribution in [0, 0.1) is 17.8 Å². The number of nitrogens with zero attached hydrogens (tertiary/aromatic N) is 1. The van der Waals surface area contributed by atoms with Gasteiger partial charge in [-0.15, -0.1) is 0 Å². The molecule has 0 aliphatic rings. The summed E-state index contributed by atoms with van der Waals surface area (Å²) >= 11 is 1.63. The molecule has 1 heterocycles. The van der Waals surface area contributed by atoms with Gasteiger partial charge in [-0.3, -0.25) is 4.79 Å². The van der Waals surface area contributed by atoms with Crippen molar-refractivity contribution in [3.05, 3.63) is 23.9 Å². The van der Waals surface area contributed by atoms with E-state index in [1.165, 1.54) is 0 Å². The van der Waals surface area contributed by atoms with Crippen molar-refractivity contribution in [3.63, 3.8) is 0 Å². The first-order valence-electron chi connectivity index (χ1n) is 5.53. The van der Waals surface area contributed by atoms with Crippen LogP contribution in [0.15, 0.2) is 18.3 Å². The normalized spacial score (nSPS) is 11.3. The maximum absolute atomic E-state index is 11.8. The van der Waals surface area contributed by atoms with E-state index in [0.717, 1.165) is 5.75 Å². The van der Waals surface area contributed by atoms with Crippen LogP contribution in [-0.4, -0.2) is 34.6 Å². The number of amides is 1. The van der Waals surface area contributed by atoms with Gasteiger partial charge < -0.3 is 10.4 Å². The zero-order chi connectivity index (χ0) is 13.4. The summed E-state index contributed by atoms with van der Waals surface area (Å²) in [4.78, 5) is 15.8. The number of carbonyl (C=O) groups is 1. The third-order valence-corrected chi connectivity index (χ3v) is 3.02. The lowest BCUT2D eigenvalue weighted by molar-refractivity contribution is -0.118. The number of aliphatic hydroxyl groups is 1. The van der Waals surface area contributed by atoms with E-state index in [1.807, 2.05) is 13.2 Å². The summed E-state index contributed by atoms with van der Waals surface area (Å²) in [7, 11) is 0. The average molecular weight is 264 g/mol. The van der Waals surface area contributed by atoms with Crippen LogP contribution in [0.25, 0.3) is 0 Å². The van der Waals surface area contributed by atoms with Crippen LogP contribution in [-0.2, 0) is 4.79 Å². The van der Waals surface area contributed by atoms with Crippen LogP contribution in [0.5, 0.6) is 0 Å². The van der Waals surface area contributed by atoms with Crippen LogP contribution in [0.1, 0.15) is 12.5 Å². The molecular weight excluding hydrogens is 248 g/mol. The molecule has 1 atom stereocenters. The fourth-order valence-corrected chi connectivity index (χ4v) is 1.94. The number of hydrogen-bond donors (Lipinski definition) is 2. The first-order valence-corrected chi connectivity index (χ1v) is 6.92. The Labute approximate surface area is 111 Å². The Morgan fingerprint density at radius 1 is 1.67 bits per heavy atom. The van der Waals surface area contributed by atoms with Gasteiger partial charge in [0.15, 0.2) is 0 Å². The van der Waals surface area contributed by atoms with Crippen LogP contribution in [0.3, 0.4) is 0 Å². The second-order valence-corrected chi connectivity index (χ2v) is 4.65. The fraction of sp³-hybridized carbons (Fsp3) is 0.385. The Kier molecular flexibility index (Phi) is 6.26. The number of aliphatic hydroxyl groups excluding tert-OH is 1.